The van der Waals surface area contributed by atoms with Crippen LogP contribution in [0.4, 0.5) is 14.4 Å². The molecule has 0 aromatic heterocycles. The first-order valence-electron chi connectivity index (χ1n) is 13.6. The van der Waals surface area contributed by atoms with Gasteiger partial charge in [-0.05, 0) is 17.2 Å². The van der Waals surface area contributed by atoms with E-state index in [0.29, 0.717) is 13.1 Å². The average molecular weight is 852 g/mol. The molecule has 0 N–H and O–H groups in total. The number of benzene rings is 2. The minimum atomic E-state index is -2.00. The van der Waals surface area contributed by atoms with E-state index in [-0.39, 0.29) is 0 Å². The standard InChI is InChI=1S/C29H26Cl9NO9/c30-27(31,32)15-43-24(40)46-21-12-11-20(39(13-18-7-3-1-4-8-18)14-19-9-5-2-6-10-19)22(47-25(41)44-16-28(33,34)35)23(21)48-26(42)45-17-29(36,37)38/h1-12,20-23H,13-17H2/t20-,21-,22+,23+/m1/s1. The Morgan fingerprint density at radius 2 is 0.917 bits per heavy atom. The van der Waals surface area contributed by atoms with Crippen LogP contribution in [0.1, 0.15) is 11.1 Å². The molecule has 0 amide bonds. The van der Waals surface area contributed by atoms with E-state index in [2.05, 4.69) is 0 Å². The molecular formula is C29H26Cl9NO9. The molecule has 0 unspecified atom stereocenters. The summed E-state index contributed by atoms with van der Waals surface area (Å²) in [7, 11) is 0. The number of carbonyl (C=O) groups is 3. The molecule has 264 valence electrons. The largest absolute Gasteiger partial charge is 0.509 e. The third-order valence-corrected chi connectivity index (χ3v) is 7.10. The van der Waals surface area contributed by atoms with Crippen LogP contribution >= 0.6 is 104 Å². The summed E-state index contributed by atoms with van der Waals surface area (Å²) in [6.07, 6.45) is -5.60. The predicted octanol–water partition coefficient (Wildman–Crippen LogP) is 9.30. The molecule has 1 aliphatic carbocycles. The molecule has 48 heavy (non-hydrogen) atoms. The quantitative estimate of drug-likeness (QED) is 0.0940. The van der Waals surface area contributed by atoms with Crippen molar-refractivity contribution >= 4 is 123 Å². The molecule has 0 radical (unpaired) electrons. The zero-order valence-corrected chi connectivity index (χ0v) is 31.1. The van der Waals surface area contributed by atoms with E-state index < -0.39 is 74.0 Å². The Bertz CT molecular complexity index is 1330. The van der Waals surface area contributed by atoms with Gasteiger partial charge in [0.1, 0.15) is 19.8 Å². The number of hydrogen-bond acceptors (Lipinski definition) is 10. The van der Waals surface area contributed by atoms with E-state index in [4.69, 9.17) is 133 Å². The fourth-order valence-electron chi connectivity index (χ4n) is 4.29. The van der Waals surface area contributed by atoms with Gasteiger partial charge >= 0.3 is 18.5 Å². The van der Waals surface area contributed by atoms with Crippen molar-refractivity contribution in [3.8, 4) is 0 Å². The van der Waals surface area contributed by atoms with Crippen molar-refractivity contribution in [2.24, 2.45) is 0 Å². The first-order valence-corrected chi connectivity index (χ1v) is 17.0. The molecular weight excluding hydrogens is 825 g/mol. The number of rotatable bonds is 11. The van der Waals surface area contributed by atoms with Crippen molar-refractivity contribution in [1.82, 2.24) is 4.90 Å². The third-order valence-electron chi connectivity index (χ3n) is 6.12. The van der Waals surface area contributed by atoms with Crippen molar-refractivity contribution in [1.29, 1.82) is 0 Å². The summed E-state index contributed by atoms with van der Waals surface area (Å²) in [6, 6.07) is 17.8. The minimum absolute atomic E-state index is 0.301. The Kier molecular flexibility index (Phi) is 16.0. The smallest absolute Gasteiger partial charge is 0.430 e. The van der Waals surface area contributed by atoms with Gasteiger partial charge in [0.05, 0.1) is 6.04 Å². The second-order valence-corrected chi connectivity index (χ2v) is 17.5. The molecule has 0 saturated carbocycles. The molecule has 1 aliphatic rings. The van der Waals surface area contributed by atoms with Gasteiger partial charge in [0.15, 0.2) is 18.3 Å². The van der Waals surface area contributed by atoms with Crippen LogP contribution in [-0.4, -0.2) is 78.9 Å². The van der Waals surface area contributed by atoms with Gasteiger partial charge in [-0.25, -0.2) is 14.4 Å². The van der Waals surface area contributed by atoms with E-state index >= 15 is 0 Å². The van der Waals surface area contributed by atoms with E-state index in [9.17, 15) is 14.4 Å². The topological polar surface area (TPSA) is 110 Å². The van der Waals surface area contributed by atoms with Gasteiger partial charge in [-0.1, -0.05) is 171 Å². The van der Waals surface area contributed by atoms with Crippen LogP contribution in [0, 0.1) is 0 Å². The van der Waals surface area contributed by atoms with Gasteiger partial charge in [0.25, 0.3) is 0 Å². The van der Waals surface area contributed by atoms with Gasteiger partial charge in [0, 0.05) is 13.1 Å². The summed E-state index contributed by atoms with van der Waals surface area (Å²) in [5.74, 6) is 0. The van der Waals surface area contributed by atoms with Gasteiger partial charge < -0.3 is 28.4 Å². The maximum absolute atomic E-state index is 13.0. The summed E-state index contributed by atoms with van der Waals surface area (Å²) < 4.78 is 25.5. The second kappa shape index (κ2) is 18.7. The molecule has 10 nitrogen and oxygen atoms in total. The van der Waals surface area contributed by atoms with E-state index in [1.54, 1.807) is 6.08 Å². The van der Waals surface area contributed by atoms with Gasteiger partial charge in [-0.2, -0.15) is 0 Å². The third kappa shape index (κ3) is 15.6. The minimum Gasteiger partial charge on any atom is -0.430 e. The molecule has 3 rings (SSSR count). The Morgan fingerprint density at radius 1 is 0.542 bits per heavy atom. The highest BCUT2D eigenvalue weighted by Gasteiger charge is 2.47. The van der Waals surface area contributed by atoms with Crippen LogP contribution in [0.3, 0.4) is 0 Å². The van der Waals surface area contributed by atoms with Gasteiger partial charge in [0.2, 0.25) is 11.4 Å². The molecule has 19 heteroatoms. The molecule has 0 spiro atoms. The van der Waals surface area contributed by atoms with Crippen LogP contribution < -0.4 is 0 Å². The molecule has 0 aliphatic heterocycles. The zero-order chi connectivity index (χ0) is 35.5. The predicted molar refractivity (Wildman–Crippen MR) is 185 cm³/mol. The summed E-state index contributed by atoms with van der Waals surface area (Å²) in [6.45, 7) is -1.49. The fourth-order valence-corrected chi connectivity index (χ4v) is 4.78. The normalized spacial score (nSPS) is 19.7. The number of hydrogen-bond donors (Lipinski definition) is 0. The van der Waals surface area contributed by atoms with Crippen molar-refractivity contribution in [2.75, 3.05) is 19.8 Å². The lowest BCUT2D eigenvalue weighted by Crippen LogP contribution is -2.57. The molecule has 0 fully saturated rings. The van der Waals surface area contributed by atoms with Crippen LogP contribution in [0.5, 0.6) is 0 Å². The van der Waals surface area contributed by atoms with Gasteiger partial charge in [-0.15, -0.1) is 0 Å². The maximum Gasteiger partial charge on any atom is 0.509 e. The van der Waals surface area contributed by atoms with Crippen LogP contribution in [-0.2, 0) is 41.5 Å². The Balaban J connectivity index is 2.05. The fraction of sp³-hybridized carbons (Fsp3) is 0.414. The molecule has 0 bridgehead atoms. The van der Waals surface area contributed by atoms with Gasteiger partial charge in [-0.3, -0.25) is 4.90 Å². The maximum atomic E-state index is 13.0. The second-order valence-electron chi connectivity index (χ2n) is 9.96. The highest BCUT2D eigenvalue weighted by Crippen LogP contribution is 2.32. The van der Waals surface area contributed by atoms with E-state index in [0.717, 1.165) is 11.1 Å². The first kappa shape index (κ1) is 41.0. The number of alkyl halides is 9. The Hall–Kier alpha value is -1.44. The van der Waals surface area contributed by atoms with Crippen molar-refractivity contribution in [3.05, 3.63) is 83.9 Å². The number of carbonyl (C=O) groups excluding carboxylic acids is 3. The van der Waals surface area contributed by atoms with E-state index in [1.165, 1.54) is 6.08 Å². The zero-order valence-electron chi connectivity index (χ0n) is 24.3. The lowest BCUT2D eigenvalue weighted by Gasteiger charge is -2.41. The van der Waals surface area contributed by atoms with Crippen molar-refractivity contribution in [2.45, 2.75) is 48.8 Å². The summed E-state index contributed by atoms with van der Waals surface area (Å²) in [5, 5.41) is 0. The van der Waals surface area contributed by atoms with Crippen molar-refractivity contribution < 1.29 is 42.8 Å². The SMILES string of the molecule is O=C(OCC(Cl)(Cl)Cl)O[C@@H]1[C@@H](OC(=O)OCC(Cl)(Cl)Cl)[C@H](OC(=O)OCC(Cl)(Cl)Cl)C=C[C@H]1N(Cc1ccccc1)Cc1ccccc1. The van der Waals surface area contributed by atoms with Crippen molar-refractivity contribution in [3.63, 3.8) is 0 Å². The van der Waals surface area contributed by atoms with E-state index in [1.807, 2.05) is 65.6 Å². The molecule has 2 aromatic rings. The summed E-state index contributed by atoms with van der Waals surface area (Å²) in [5.41, 5.74) is 1.76. The lowest BCUT2D eigenvalue weighted by molar-refractivity contribution is -0.119. The lowest BCUT2D eigenvalue weighted by atomic mass is 9.91. The first-order chi connectivity index (χ1) is 22.4. The highest BCUT2D eigenvalue weighted by atomic mass is 35.6. The molecule has 4 atom stereocenters. The number of ether oxygens (including phenoxy) is 6. The Morgan fingerprint density at radius 3 is 1.31 bits per heavy atom. The monoisotopic (exact) mass is 847 g/mol. The number of halogens is 9. The highest BCUT2D eigenvalue weighted by molar-refractivity contribution is 6.68. The molecule has 2 aromatic carbocycles. The molecule has 0 heterocycles. The van der Waals surface area contributed by atoms with Crippen LogP contribution in [0.2, 0.25) is 0 Å². The summed E-state index contributed by atoms with van der Waals surface area (Å²) in [4.78, 5) is 40.4. The summed E-state index contributed by atoms with van der Waals surface area (Å²) >= 11 is 51.5. The average Bonchev–Trinajstić information content (AvgIpc) is 2.99. The Labute approximate surface area is 321 Å². The molecule has 0 saturated heterocycles. The van der Waals surface area contributed by atoms with Crippen LogP contribution in [0.25, 0.3) is 0 Å². The number of nitrogens with zero attached hydrogens (tertiary/aromatic N) is 1. The van der Waals surface area contributed by atoms with Crippen LogP contribution in [0.15, 0.2) is 72.8 Å².